The Morgan fingerprint density at radius 3 is 2.06 bits per heavy atom. The third kappa shape index (κ3) is 16.4. The normalized spacial score (nSPS) is 12.3. The largest absolute Gasteiger partial charge is 0.534 e. The first kappa shape index (κ1) is 51.5. The van der Waals surface area contributed by atoms with Crippen LogP contribution >= 0.6 is 0 Å². The Hall–Kier alpha value is -7.17. The molecule has 3 N–H and O–H groups in total. The van der Waals surface area contributed by atoms with Crippen molar-refractivity contribution in [1.29, 1.82) is 0 Å². The molecule has 0 unspecified atom stereocenters. The highest BCUT2D eigenvalue weighted by molar-refractivity contribution is 6.00. The van der Waals surface area contributed by atoms with E-state index in [0.29, 0.717) is 30.4 Å². The Labute approximate surface area is 384 Å². The molecule has 17 heteroatoms. The summed E-state index contributed by atoms with van der Waals surface area (Å²) in [4.78, 5) is 96.5. The predicted octanol–water partition coefficient (Wildman–Crippen LogP) is 7.42. The van der Waals surface area contributed by atoms with Crippen molar-refractivity contribution in [1.82, 2.24) is 21.0 Å². The molecule has 0 aliphatic heterocycles. The number of unbranched alkanes of at least 4 members (excludes halogenated alkanes) is 2. The number of amides is 4. The number of hydrogen-bond donors (Lipinski definition) is 3. The lowest BCUT2D eigenvalue weighted by atomic mass is 9.90. The van der Waals surface area contributed by atoms with Gasteiger partial charge in [0.15, 0.2) is 5.76 Å². The molecule has 0 aliphatic carbocycles. The summed E-state index contributed by atoms with van der Waals surface area (Å²) < 4.78 is 27.8. The Balaban J connectivity index is 1.43. The smallest absolute Gasteiger partial charge is 0.493 e. The van der Waals surface area contributed by atoms with Gasteiger partial charge in [-0.2, -0.15) is 5.06 Å². The summed E-state index contributed by atoms with van der Waals surface area (Å²) in [5.74, 6) is -3.90. The monoisotopic (exact) mass is 912 g/mol. The Bertz CT molecular complexity index is 2220. The molecule has 0 saturated heterocycles. The maximum atomic E-state index is 13.8. The molecule has 0 spiro atoms. The van der Waals surface area contributed by atoms with E-state index in [-0.39, 0.29) is 55.7 Å². The van der Waals surface area contributed by atoms with Crippen LogP contribution in [0, 0.1) is 5.92 Å². The van der Waals surface area contributed by atoms with Crippen molar-refractivity contribution < 1.29 is 61.8 Å². The van der Waals surface area contributed by atoms with Crippen molar-refractivity contribution in [3.63, 3.8) is 0 Å². The van der Waals surface area contributed by atoms with E-state index >= 15 is 0 Å². The molecule has 3 aromatic carbocycles. The molecule has 3 atom stereocenters. The molecule has 4 amide bonds. The second-order valence-corrected chi connectivity index (χ2v) is 16.1. The van der Waals surface area contributed by atoms with E-state index in [1.807, 2.05) is 19.1 Å². The molecule has 1 heterocycles. The zero-order valence-corrected chi connectivity index (χ0v) is 38.3. The van der Waals surface area contributed by atoms with Crippen molar-refractivity contribution in [3.05, 3.63) is 113 Å². The Morgan fingerprint density at radius 2 is 1.45 bits per heavy atom. The van der Waals surface area contributed by atoms with E-state index in [9.17, 15) is 33.6 Å². The number of benzene rings is 3. The van der Waals surface area contributed by atoms with Gasteiger partial charge in [0.1, 0.15) is 36.4 Å². The summed E-state index contributed by atoms with van der Waals surface area (Å²) in [6.45, 7) is 10.2. The van der Waals surface area contributed by atoms with Crippen LogP contribution in [0.4, 0.5) is 4.79 Å². The lowest BCUT2D eigenvalue weighted by Gasteiger charge is -2.32. The third-order valence-corrected chi connectivity index (χ3v) is 9.92. The summed E-state index contributed by atoms with van der Waals surface area (Å²) >= 11 is 0. The number of rotatable bonds is 25. The average Bonchev–Trinajstić information content (AvgIpc) is 3.80. The minimum absolute atomic E-state index is 0.0282. The molecule has 4 aromatic rings. The fourth-order valence-corrected chi connectivity index (χ4v) is 6.68. The van der Waals surface area contributed by atoms with Gasteiger partial charge < -0.3 is 44.2 Å². The zero-order valence-electron chi connectivity index (χ0n) is 38.3. The highest BCUT2D eigenvalue weighted by atomic mass is 16.8. The quantitative estimate of drug-likeness (QED) is 0.0147. The zero-order chi connectivity index (χ0) is 48.1. The topological polar surface area (TPSA) is 218 Å². The highest BCUT2D eigenvalue weighted by Gasteiger charge is 2.35. The molecule has 0 radical (unpaired) electrons. The average molecular weight is 913 g/mol. The first-order valence-corrected chi connectivity index (χ1v) is 21.9. The summed E-state index contributed by atoms with van der Waals surface area (Å²) in [7, 11) is 0. The number of nitrogens with zero attached hydrogens (tertiary/aromatic N) is 1. The maximum Gasteiger partial charge on any atom is 0.534 e. The number of carbonyl (C=O) groups is 7. The van der Waals surface area contributed by atoms with Gasteiger partial charge in [-0.05, 0) is 75.9 Å². The van der Waals surface area contributed by atoms with Crippen LogP contribution in [0.1, 0.15) is 112 Å². The van der Waals surface area contributed by atoms with Gasteiger partial charge in [0, 0.05) is 5.56 Å². The molecule has 4 rings (SSSR count). The molecule has 0 aliphatic rings. The molecule has 354 valence electrons. The van der Waals surface area contributed by atoms with Gasteiger partial charge in [-0.15, -0.1) is 0 Å². The molecule has 1 aromatic heterocycles. The molecule has 66 heavy (non-hydrogen) atoms. The summed E-state index contributed by atoms with van der Waals surface area (Å²) in [5, 5.41) is 8.71. The summed E-state index contributed by atoms with van der Waals surface area (Å²) in [5.41, 5.74) is 1.08. The second kappa shape index (κ2) is 26.0. The number of hydroxylamine groups is 2. The van der Waals surface area contributed by atoms with Crippen molar-refractivity contribution in [2.45, 2.75) is 111 Å². The first-order chi connectivity index (χ1) is 31.7. The van der Waals surface area contributed by atoms with E-state index in [0.717, 1.165) is 23.5 Å². The van der Waals surface area contributed by atoms with Crippen LogP contribution < -0.4 is 20.7 Å². The minimum Gasteiger partial charge on any atom is -0.493 e. The van der Waals surface area contributed by atoms with Crippen molar-refractivity contribution >= 4 is 42.2 Å². The van der Waals surface area contributed by atoms with Gasteiger partial charge in [-0.3, -0.25) is 24.0 Å². The number of furan rings is 1. The van der Waals surface area contributed by atoms with Crippen LogP contribution in [0.15, 0.2) is 95.4 Å². The Kier molecular flexibility index (Phi) is 20.2. The van der Waals surface area contributed by atoms with Crippen LogP contribution in [-0.4, -0.2) is 78.2 Å². The van der Waals surface area contributed by atoms with Gasteiger partial charge in [0.2, 0.25) is 12.3 Å². The first-order valence-electron chi connectivity index (χ1n) is 21.9. The van der Waals surface area contributed by atoms with Crippen LogP contribution in [0.5, 0.6) is 5.75 Å². The third-order valence-electron chi connectivity index (χ3n) is 9.92. The van der Waals surface area contributed by atoms with E-state index in [1.54, 1.807) is 95.3 Å². The SMILES string of the molecule is CCCCC[C@@H](C(=O)NCNC(=O)c1ccc(-c2ccc(C(=O)N[C@@H](CC(=O)OCc3ccccc3)C(=O)OCc3ccccc3)c(OCC)c2)o1)[C@@H](CC)N(C=O)OC(=O)OC(C)(C)C. The number of nitrogens with one attached hydrogen (secondary N) is 3. The van der Waals surface area contributed by atoms with Crippen LogP contribution in [-0.2, 0) is 51.4 Å². The van der Waals surface area contributed by atoms with E-state index in [1.165, 1.54) is 18.2 Å². The molecular formula is C49H60N4O13. The van der Waals surface area contributed by atoms with Gasteiger partial charge in [-0.1, -0.05) is 99.8 Å². The molecule has 0 saturated carbocycles. The van der Waals surface area contributed by atoms with Crippen molar-refractivity contribution in [3.8, 4) is 17.1 Å². The lowest BCUT2D eigenvalue weighted by Crippen LogP contribution is -2.49. The molecule has 0 fully saturated rings. The Morgan fingerprint density at radius 1 is 0.788 bits per heavy atom. The highest BCUT2D eigenvalue weighted by Crippen LogP contribution is 2.30. The molecular weight excluding hydrogens is 853 g/mol. The number of ether oxygens (including phenoxy) is 4. The second-order valence-electron chi connectivity index (χ2n) is 16.1. The van der Waals surface area contributed by atoms with E-state index < -0.39 is 65.8 Å². The van der Waals surface area contributed by atoms with Gasteiger partial charge in [0.05, 0.1) is 37.2 Å². The van der Waals surface area contributed by atoms with Crippen LogP contribution in [0.2, 0.25) is 0 Å². The van der Waals surface area contributed by atoms with Crippen LogP contribution in [0.3, 0.4) is 0 Å². The predicted molar refractivity (Wildman–Crippen MR) is 241 cm³/mol. The molecule has 17 nitrogen and oxygen atoms in total. The fraction of sp³-hybridized carbons (Fsp3) is 0.408. The van der Waals surface area contributed by atoms with Gasteiger partial charge in [-0.25, -0.2) is 9.59 Å². The summed E-state index contributed by atoms with van der Waals surface area (Å²) in [6, 6.07) is 23.3. The van der Waals surface area contributed by atoms with Crippen LogP contribution in [0.25, 0.3) is 11.3 Å². The number of hydrogen-bond acceptors (Lipinski definition) is 13. The van der Waals surface area contributed by atoms with E-state index in [4.69, 9.17) is 28.2 Å². The molecule has 0 bridgehead atoms. The standard InChI is InChI=1S/C49H60N4O13/c1-7-10-13-22-36(39(8-2)53(32-54)66-48(60)65-49(4,5)6)44(56)50-31-51-46(58)41-26-25-40(64-41)35-23-24-37(42(27-35)61-9-3)45(57)52-38(47(59)63-30-34-20-16-12-17-21-34)28-43(55)62-29-33-18-14-11-15-19-33/h11-12,14-21,23-27,32,36,38-39H,7-10,13,22,28-31H2,1-6H3,(H,50,56)(H,51,58)(H,52,57)/t36-,38+,39-/m1/s1. The van der Waals surface area contributed by atoms with E-state index in [2.05, 4.69) is 16.0 Å². The fourth-order valence-electron chi connectivity index (χ4n) is 6.68. The van der Waals surface area contributed by atoms with Crippen molar-refractivity contribution in [2.75, 3.05) is 13.3 Å². The maximum absolute atomic E-state index is 13.8. The summed E-state index contributed by atoms with van der Waals surface area (Å²) in [6.07, 6.45) is 1.79. The number of esters is 2. The van der Waals surface area contributed by atoms with Gasteiger partial charge in [0.25, 0.3) is 11.8 Å². The van der Waals surface area contributed by atoms with Crippen molar-refractivity contribution in [2.24, 2.45) is 5.92 Å². The van der Waals surface area contributed by atoms with Gasteiger partial charge >= 0.3 is 18.1 Å². The lowest BCUT2D eigenvalue weighted by molar-refractivity contribution is -0.182. The minimum atomic E-state index is -1.40. The number of carbonyl (C=O) groups excluding carboxylic acids is 7.